The van der Waals surface area contributed by atoms with Crippen LogP contribution in [0.3, 0.4) is 0 Å². The summed E-state index contributed by atoms with van der Waals surface area (Å²) in [7, 11) is 0. The minimum absolute atomic E-state index is 0.475. The van der Waals surface area contributed by atoms with Crippen LogP contribution in [0.25, 0.3) is 5.69 Å². The van der Waals surface area contributed by atoms with E-state index in [4.69, 9.17) is 23.2 Å². The molecule has 2 aromatic carbocycles. The van der Waals surface area contributed by atoms with Crippen LogP contribution in [0.1, 0.15) is 5.82 Å². The van der Waals surface area contributed by atoms with Crippen LogP contribution in [0, 0.1) is 0 Å². The fourth-order valence-electron chi connectivity index (χ4n) is 1.97. The van der Waals surface area contributed by atoms with E-state index in [0.717, 1.165) is 5.69 Å². The van der Waals surface area contributed by atoms with Gasteiger partial charge in [0.05, 0.1) is 11.4 Å². The van der Waals surface area contributed by atoms with Crippen molar-refractivity contribution in [1.29, 1.82) is 0 Å². The van der Waals surface area contributed by atoms with E-state index in [2.05, 4.69) is 26.1 Å². The summed E-state index contributed by atoms with van der Waals surface area (Å²) in [6.45, 7) is 0. The second kappa shape index (κ2) is 7.21. The molecule has 0 spiro atoms. The second-order valence-electron chi connectivity index (χ2n) is 4.63. The molecule has 3 aromatic rings. The van der Waals surface area contributed by atoms with Crippen LogP contribution in [-0.2, 0) is 6.42 Å². The fourth-order valence-corrected chi connectivity index (χ4v) is 2.49. The van der Waals surface area contributed by atoms with Crippen molar-refractivity contribution in [3.63, 3.8) is 0 Å². The number of rotatable bonds is 5. The first-order valence-electron chi connectivity index (χ1n) is 6.79. The van der Waals surface area contributed by atoms with Gasteiger partial charge in [0.2, 0.25) is 0 Å². The maximum Gasteiger partial charge on any atom is 0.162 e. The highest BCUT2D eigenvalue weighted by atomic mass is 35.5. The van der Waals surface area contributed by atoms with Gasteiger partial charge in [0.1, 0.15) is 0 Å². The zero-order chi connectivity index (χ0) is 16.1. The highest BCUT2D eigenvalue weighted by Crippen LogP contribution is 2.22. The van der Waals surface area contributed by atoms with Crippen molar-refractivity contribution in [2.24, 2.45) is 5.10 Å². The molecule has 3 rings (SSSR count). The van der Waals surface area contributed by atoms with E-state index in [1.165, 1.54) is 0 Å². The number of aromatic nitrogens is 4. The molecule has 0 fully saturated rings. The molecule has 0 radical (unpaired) electrons. The van der Waals surface area contributed by atoms with Crippen LogP contribution in [0.4, 0.5) is 5.69 Å². The number of nitrogens with zero attached hydrogens (tertiary/aromatic N) is 5. The lowest BCUT2D eigenvalue weighted by Gasteiger charge is -2.03. The summed E-state index contributed by atoms with van der Waals surface area (Å²) >= 11 is 11.9. The number of hydrazone groups is 1. The molecular formula is C15H12Cl2N6. The van der Waals surface area contributed by atoms with E-state index < -0.39 is 0 Å². The first-order valence-corrected chi connectivity index (χ1v) is 7.54. The highest BCUT2D eigenvalue weighted by Gasteiger charge is 2.06. The van der Waals surface area contributed by atoms with E-state index in [9.17, 15) is 0 Å². The molecule has 0 amide bonds. The summed E-state index contributed by atoms with van der Waals surface area (Å²) in [6, 6.07) is 14.8. The molecule has 0 aliphatic carbocycles. The van der Waals surface area contributed by atoms with Crippen molar-refractivity contribution in [2.45, 2.75) is 6.42 Å². The third-order valence-corrected chi connectivity index (χ3v) is 3.39. The SMILES string of the molecule is Clc1cc(Cl)cc(N/N=C/Cc2nnnn2-c2ccccc2)c1. The Morgan fingerprint density at radius 2 is 1.83 bits per heavy atom. The molecule has 0 saturated heterocycles. The van der Waals surface area contributed by atoms with Gasteiger partial charge in [0, 0.05) is 22.7 Å². The average molecular weight is 347 g/mol. The summed E-state index contributed by atoms with van der Waals surface area (Å²) in [6.07, 6.45) is 2.16. The van der Waals surface area contributed by atoms with Gasteiger partial charge in [-0.2, -0.15) is 9.78 Å². The van der Waals surface area contributed by atoms with E-state index in [-0.39, 0.29) is 0 Å². The van der Waals surface area contributed by atoms with Gasteiger partial charge in [-0.1, -0.05) is 41.4 Å². The van der Waals surface area contributed by atoms with Gasteiger partial charge in [-0.05, 0) is 40.8 Å². The molecule has 8 heteroatoms. The van der Waals surface area contributed by atoms with Crippen LogP contribution in [0.5, 0.6) is 0 Å². The third kappa shape index (κ3) is 4.06. The average Bonchev–Trinajstić information content (AvgIpc) is 3.00. The van der Waals surface area contributed by atoms with Gasteiger partial charge in [-0.25, -0.2) is 0 Å². The molecule has 1 N–H and O–H groups in total. The highest BCUT2D eigenvalue weighted by molar-refractivity contribution is 6.35. The van der Waals surface area contributed by atoms with Crippen LogP contribution >= 0.6 is 23.2 Å². The van der Waals surface area contributed by atoms with Crippen molar-refractivity contribution >= 4 is 35.1 Å². The Hall–Kier alpha value is -2.44. The van der Waals surface area contributed by atoms with Gasteiger partial charge in [0.25, 0.3) is 0 Å². The molecule has 0 bridgehead atoms. The van der Waals surface area contributed by atoms with E-state index in [1.54, 1.807) is 29.1 Å². The summed E-state index contributed by atoms with van der Waals surface area (Å²) < 4.78 is 1.67. The van der Waals surface area contributed by atoms with Gasteiger partial charge in [0.15, 0.2) is 5.82 Å². The van der Waals surface area contributed by atoms with Crippen LogP contribution < -0.4 is 5.43 Å². The normalized spacial score (nSPS) is 11.0. The molecular weight excluding hydrogens is 335 g/mol. The lowest BCUT2D eigenvalue weighted by Crippen LogP contribution is -2.04. The summed E-state index contributed by atoms with van der Waals surface area (Å²) in [4.78, 5) is 0. The van der Waals surface area contributed by atoms with Crippen molar-refractivity contribution in [3.8, 4) is 5.69 Å². The molecule has 0 atom stereocenters. The molecule has 1 heterocycles. The maximum absolute atomic E-state index is 5.93. The summed E-state index contributed by atoms with van der Waals surface area (Å²) in [5.41, 5.74) is 4.48. The van der Waals surface area contributed by atoms with Gasteiger partial charge >= 0.3 is 0 Å². The van der Waals surface area contributed by atoms with Crippen molar-refractivity contribution in [2.75, 3.05) is 5.43 Å². The number of halogens is 2. The topological polar surface area (TPSA) is 68.0 Å². The lowest BCUT2D eigenvalue weighted by atomic mass is 10.3. The molecule has 6 nitrogen and oxygen atoms in total. The molecule has 0 unspecified atom stereocenters. The summed E-state index contributed by atoms with van der Waals surface area (Å²) in [5, 5.41) is 16.9. The van der Waals surface area contributed by atoms with Crippen LogP contribution in [0.15, 0.2) is 53.6 Å². The minimum atomic E-state index is 0.475. The van der Waals surface area contributed by atoms with Crippen LogP contribution in [0.2, 0.25) is 10.0 Å². The monoisotopic (exact) mass is 346 g/mol. The Morgan fingerprint density at radius 3 is 2.57 bits per heavy atom. The van der Waals surface area contributed by atoms with Gasteiger partial charge in [-0.15, -0.1) is 5.10 Å². The Labute approximate surface area is 142 Å². The van der Waals surface area contributed by atoms with Gasteiger partial charge in [-0.3, -0.25) is 5.43 Å². The Balaban J connectivity index is 1.66. The Bertz CT molecular complexity index is 796. The number of para-hydroxylation sites is 1. The standard InChI is InChI=1S/C15H12Cl2N6/c16-11-8-12(17)10-13(9-11)19-18-7-6-15-20-21-22-23(15)14-4-2-1-3-5-14/h1-5,7-10,19H,6H2/b18-7+. The first-order chi connectivity index (χ1) is 11.2. The van der Waals surface area contributed by atoms with Gasteiger partial charge < -0.3 is 0 Å². The zero-order valence-electron chi connectivity index (χ0n) is 11.9. The number of tetrazole rings is 1. The predicted octanol–water partition coefficient (Wildman–Crippen LogP) is 3.61. The second-order valence-corrected chi connectivity index (χ2v) is 5.50. The maximum atomic E-state index is 5.93. The third-order valence-electron chi connectivity index (χ3n) is 2.96. The number of benzene rings is 2. The molecule has 116 valence electrons. The lowest BCUT2D eigenvalue weighted by molar-refractivity contribution is 0.776. The van der Waals surface area contributed by atoms with E-state index in [1.807, 2.05) is 30.3 Å². The molecule has 1 aromatic heterocycles. The first kappa shape index (κ1) is 15.5. The molecule has 0 aliphatic heterocycles. The smallest absolute Gasteiger partial charge is 0.162 e. The van der Waals surface area contributed by atoms with Crippen molar-refractivity contribution in [1.82, 2.24) is 20.2 Å². The Kier molecular flexibility index (Phi) is 4.85. The molecule has 23 heavy (non-hydrogen) atoms. The van der Waals surface area contributed by atoms with E-state index >= 15 is 0 Å². The Morgan fingerprint density at radius 1 is 1.09 bits per heavy atom. The molecule has 0 saturated carbocycles. The number of hydrogen-bond donors (Lipinski definition) is 1. The molecule has 0 aliphatic rings. The van der Waals surface area contributed by atoms with Crippen LogP contribution in [-0.4, -0.2) is 26.4 Å². The predicted molar refractivity (Wildman–Crippen MR) is 91.4 cm³/mol. The van der Waals surface area contributed by atoms with Crippen molar-refractivity contribution < 1.29 is 0 Å². The zero-order valence-corrected chi connectivity index (χ0v) is 13.4. The number of nitrogens with one attached hydrogen (secondary N) is 1. The fraction of sp³-hybridized carbons (Fsp3) is 0.0667. The summed E-state index contributed by atoms with van der Waals surface area (Å²) in [5.74, 6) is 0.686. The number of hydrogen-bond acceptors (Lipinski definition) is 5. The quantitative estimate of drug-likeness (QED) is 0.566. The van der Waals surface area contributed by atoms with E-state index in [0.29, 0.717) is 28.0 Å². The van der Waals surface area contributed by atoms with Crippen molar-refractivity contribution in [3.05, 3.63) is 64.4 Å². The largest absolute Gasteiger partial charge is 0.279 e. The number of anilines is 1. The minimum Gasteiger partial charge on any atom is -0.279 e.